The predicted molar refractivity (Wildman–Crippen MR) is 86.2 cm³/mol. The molecule has 2 heterocycles. The van der Waals surface area contributed by atoms with Crippen molar-refractivity contribution >= 4 is 16.7 Å². The highest BCUT2D eigenvalue weighted by Gasteiger charge is 2.35. The summed E-state index contributed by atoms with van der Waals surface area (Å²) in [4.78, 5) is 18.3. The minimum atomic E-state index is 0.212. The first-order valence-corrected chi connectivity index (χ1v) is 8.28. The summed E-state index contributed by atoms with van der Waals surface area (Å²) in [5.41, 5.74) is 1.85. The molecule has 0 unspecified atom stereocenters. The summed E-state index contributed by atoms with van der Waals surface area (Å²) in [5.74, 6) is 0.212. The van der Waals surface area contributed by atoms with Gasteiger partial charge in [-0.25, -0.2) is 0 Å². The van der Waals surface area contributed by atoms with Crippen LogP contribution < -0.4 is 0 Å². The summed E-state index contributed by atoms with van der Waals surface area (Å²) in [7, 11) is 0. The van der Waals surface area contributed by atoms with Crippen molar-refractivity contribution in [1.82, 2.24) is 9.88 Å². The molecule has 4 rings (SSSR count). The largest absolute Gasteiger partial charge is 0.375 e. The number of ether oxygens (including phenoxy) is 1. The molecule has 1 aliphatic carbocycles. The first-order valence-electron chi connectivity index (χ1n) is 8.28. The molecular formula is C18H22N2O2. The number of benzene rings is 1. The van der Waals surface area contributed by atoms with Crippen molar-refractivity contribution in [2.24, 2.45) is 0 Å². The Labute approximate surface area is 130 Å². The average molecular weight is 298 g/mol. The zero-order valence-electron chi connectivity index (χ0n) is 12.8. The molecule has 1 N–H and O–H groups in total. The molecule has 2 aromatic rings. The number of hydrogen-bond donors (Lipinski definition) is 1. The van der Waals surface area contributed by atoms with Crippen molar-refractivity contribution in [1.29, 1.82) is 0 Å². The number of aromatic amines is 1. The van der Waals surface area contributed by atoms with Crippen molar-refractivity contribution < 1.29 is 9.53 Å². The lowest BCUT2D eigenvalue weighted by Gasteiger charge is -2.43. The van der Waals surface area contributed by atoms with Gasteiger partial charge in [0.1, 0.15) is 0 Å². The van der Waals surface area contributed by atoms with Gasteiger partial charge in [0.2, 0.25) is 0 Å². The molecule has 2 atom stereocenters. The number of carbonyl (C=O) groups is 1. The Morgan fingerprint density at radius 3 is 3.09 bits per heavy atom. The van der Waals surface area contributed by atoms with E-state index in [0.717, 1.165) is 42.5 Å². The first kappa shape index (κ1) is 14.0. The van der Waals surface area contributed by atoms with Crippen LogP contribution in [0.4, 0.5) is 0 Å². The van der Waals surface area contributed by atoms with Crippen LogP contribution in [0.5, 0.6) is 0 Å². The molecule has 1 saturated heterocycles. The van der Waals surface area contributed by atoms with E-state index in [9.17, 15) is 4.79 Å². The molecule has 0 bridgehead atoms. The van der Waals surface area contributed by atoms with Gasteiger partial charge in [0.15, 0.2) is 5.78 Å². The maximum Gasteiger partial charge on any atom is 0.178 e. The van der Waals surface area contributed by atoms with E-state index in [1.165, 1.54) is 12.8 Å². The number of ketones is 1. The fraction of sp³-hybridized carbons (Fsp3) is 0.500. The second kappa shape index (κ2) is 5.86. The van der Waals surface area contributed by atoms with Crippen LogP contribution in [0.3, 0.4) is 0 Å². The van der Waals surface area contributed by atoms with E-state index in [1.54, 1.807) is 0 Å². The summed E-state index contributed by atoms with van der Waals surface area (Å²) in [5, 5.41) is 1.03. The zero-order valence-corrected chi connectivity index (χ0v) is 12.8. The smallest absolute Gasteiger partial charge is 0.178 e. The van der Waals surface area contributed by atoms with Crippen molar-refractivity contribution in [3.05, 3.63) is 36.0 Å². The number of nitrogens with zero attached hydrogens (tertiary/aromatic N) is 1. The van der Waals surface area contributed by atoms with E-state index in [1.807, 2.05) is 30.5 Å². The van der Waals surface area contributed by atoms with Crippen molar-refractivity contribution in [3.63, 3.8) is 0 Å². The van der Waals surface area contributed by atoms with Gasteiger partial charge < -0.3 is 9.72 Å². The minimum absolute atomic E-state index is 0.212. The van der Waals surface area contributed by atoms with E-state index < -0.39 is 0 Å². The van der Waals surface area contributed by atoms with E-state index in [2.05, 4.69) is 9.88 Å². The van der Waals surface area contributed by atoms with Gasteiger partial charge in [0, 0.05) is 35.2 Å². The molecule has 2 aliphatic rings. The van der Waals surface area contributed by atoms with Gasteiger partial charge in [-0.1, -0.05) is 31.0 Å². The number of para-hydroxylation sites is 1. The van der Waals surface area contributed by atoms with Crippen molar-refractivity contribution in [2.45, 2.75) is 37.8 Å². The van der Waals surface area contributed by atoms with E-state index in [-0.39, 0.29) is 5.78 Å². The molecule has 0 amide bonds. The van der Waals surface area contributed by atoms with Crippen LogP contribution in [0, 0.1) is 0 Å². The highest BCUT2D eigenvalue weighted by Crippen LogP contribution is 2.29. The Hall–Kier alpha value is -1.65. The Balaban J connectivity index is 1.53. The number of rotatable bonds is 3. The Bertz CT molecular complexity index is 677. The molecular weight excluding hydrogens is 276 g/mol. The third-order valence-corrected chi connectivity index (χ3v) is 5.08. The highest BCUT2D eigenvalue weighted by atomic mass is 16.5. The molecule has 0 spiro atoms. The van der Waals surface area contributed by atoms with Crippen LogP contribution in [0.2, 0.25) is 0 Å². The van der Waals surface area contributed by atoms with Gasteiger partial charge in [-0.15, -0.1) is 0 Å². The van der Waals surface area contributed by atoms with Crippen LogP contribution in [0.1, 0.15) is 36.0 Å². The lowest BCUT2D eigenvalue weighted by atomic mass is 9.90. The number of fused-ring (bicyclic) bond motifs is 2. The maximum absolute atomic E-state index is 12.8. The lowest BCUT2D eigenvalue weighted by molar-refractivity contribution is -0.0846. The maximum atomic E-state index is 12.8. The van der Waals surface area contributed by atoms with Crippen molar-refractivity contribution in [2.75, 3.05) is 19.7 Å². The quantitative estimate of drug-likeness (QED) is 0.886. The Morgan fingerprint density at radius 1 is 1.27 bits per heavy atom. The number of Topliss-reactive ketones (excluding diaryl/α,β-unsaturated/α-hetero) is 1. The SMILES string of the molecule is O=C(CN1CCO[C@H]2CCCC[C@H]21)c1c[nH]c2ccccc12. The topological polar surface area (TPSA) is 45.3 Å². The molecule has 2 fully saturated rings. The van der Waals surface area contributed by atoms with Gasteiger partial charge in [-0.2, -0.15) is 0 Å². The summed E-state index contributed by atoms with van der Waals surface area (Å²) in [6.45, 7) is 2.13. The number of morpholine rings is 1. The van der Waals surface area contributed by atoms with E-state index >= 15 is 0 Å². The molecule has 22 heavy (non-hydrogen) atoms. The summed E-state index contributed by atoms with van der Waals surface area (Å²) in [6, 6.07) is 8.43. The molecule has 1 aliphatic heterocycles. The molecule has 4 nitrogen and oxygen atoms in total. The van der Waals surface area contributed by atoms with Crippen LogP contribution in [0.25, 0.3) is 10.9 Å². The van der Waals surface area contributed by atoms with E-state index in [0.29, 0.717) is 18.7 Å². The van der Waals surface area contributed by atoms with Gasteiger partial charge >= 0.3 is 0 Å². The molecule has 1 saturated carbocycles. The first-order chi connectivity index (χ1) is 10.8. The summed E-state index contributed by atoms with van der Waals surface area (Å²) >= 11 is 0. The van der Waals surface area contributed by atoms with Gasteiger partial charge in [0.25, 0.3) is 0 Å². The molecule has 4 heteroatoms. The average Bonchev–Trinajstić information content (AvgIpc) is 2.99. The normalized spacial score (nSPS) is 26.0. The summed E-state index contributed by atoms with van der Waals surface area (Å²) in [6.07, 6.45) is 6.99. The number of H-pyrrole nitrogens is 1. The number of hydrogen-bond acceptors (Lipinski definition) is 3. The van der Waals surface area contributed by atoms with Crippen LogP contribution in [0.15, 0.2) is 30.5 Å². The molecule has 116 valence electrons. The van der Waals surface area contributed by atoms with Gasteiger partial charge in [-0.3, -0.25) is 9.69 Å². The molecule has 0 radical (unpaired) electrons. The minimum Gasteiger partial charge on any atom is -0.375 e. The third-order valence-electron chi connectivity index (χ3n) is 5.08. The number of aromatic nitrogens is 1. The molecule has 1 aromatic heterocycles. The van der Waals surface area contributed by atoms with Crippen LogP contribution in [-0.4, -0.2) is 47.5 Å². The van der Waals surface area contributed by atoms with E-state index in [4.69, 9.17) is 4.74 Å². The van der Waals surface area contributed by atoms with Crippen LogP contribution in [-0.2, 0) is 4.74 Å². The lowest BCUT2D eigenvalue weighted by Crippen LogP contribution is -2.53. The number of carbonyl (C=O) groups excluding carboxylic acids is 1. The Kier molecular flexibility index (Phi) is 3.72. The Morgan fingerprint density at radius 2 is 2.14 bits per heavy atom. The fourth-order valence-corrected chi connectivity index (χ4v) is 3.94. The van der Waals surface area contributed by atoms with Gasteiger partial charge in [0.05, 0.1) is 19.3 Å². The van der Waals surface area contributed by atoms with Gasteiger partial charge in [-0.05, 0) is 18.9 Å². The zero-order chi connectivity index (χ0) is 14.9. The fourth-order valence-electron chi connectivity index (χ4n) is 3.94. The summed E-state index contributed by atoms with van der Waals surface area (Å²) < 4.78 is 5.90. The third kappa shape index (κ3) is 2.46. The second-order valence-corrected chi connectivity index (χ2v) is 6.40. The predicted octanol–water partition coefficient (Wildman–Crippen LogP) is 2.99. The molecule has 1 aromatic carbocycles. The highest BCUT2D eigenvalue weighted by molar-refractivity contribution is 6.08. The van der Waals surface area contributed by atoms with Crippen LogP contribution >= 0.6 is 0 Å². The number of nitrogens with one attached hydrogen (secondary N) is 1. The standard InChI is InChI=1S/C18H22N2O2/c21-17(14-11-19-15-6-2-1-5-13(14)15)12-20-9-10-22-18-8-4-3-7-16(18)20/h1-2,5-6,11,16,18-19H,3-4,7-10,12H2/t16-,18+/m1/s1. The monoisotopic (exact) mass is 298 g/mol. The van der Waals surface area contributed by atoms with Crippen molar-refractivity contribution in [3.8, 4) is 0 Å². The second-order valence-electron chi connectivity index (χ2n) is 6.40.